The third-order valence-corrected chi connectivity index (χ3v) is 3.61. The van der Waals surface area contributed by atoms with Crippen LogP contribution in [0, 0.1) is 6.92 Å². The summed E-state index contributed by atoms with van der Waals surface area (Å²) in [5, 5.41) is 5.16. The Balaban J connectivity index is 2.52. The lowest BCUT2D eigenvalue weighted by molar-refractivity contribution is 0.588. The summed E-state index contributed by atoms with van der Waals surface area (Å²) in [5.74, 6) is 0. The minimum absolute atomic E-state index is 0.481. The summed E-state index contributed by atoms with van der Waals surface area (Å²) in [4.78, 5) is 0. The maximum absolute atomic E-state index is 11.3. The van der Waals surface area contributed by atoms with Crippen molar-refractivity contribution in [1.82, 2.24) is 0 Å². The molecule has 0 bridgehead atoms. The van der Waals surface area contributed by atoms with Crippen LogP contribution in [0.4, 0.5) is 5.69 Å². The van der Waals surface area contributed by atoms with Crippen molar-refractivity contribution in [3.63, 3.8) is 0 Å². The molecule has 0 aromatic heterocycles. The summed E-state index contributed by atoms with van der Waals surface area (Å²) in [7, 11) is -3.62. The molecule has 0 radical (unpaired) electrons. The van der Waals surface area contributed by atoms with Gasteiger partial charge in [0.2, 0.25) is 0 Å². The van der Waals surface area contributed by atoms with Gasteiger partial charge in [-0.25, -0.2) is 5.14 Å². The second kappa shape index (κ2) is 3.50. The van der Waals surface area contributed by atoms with E-state index in [-0.39, 0.29) is 0 Å². The summed E-state index contributed by atoms with van der Waals surface area (Å²) in [6.07, 6.45) is 1.75. The highest BCUT2D eigenvalue weighted by molar-refractivity contribution is 7.90. The topological polar surface area (TPSA) is 63.4 Å². The molecular formula is C10H14N2O2S. The number of nitrogens with two attached hydrogens (primary N) is 1. The molecule has 1 aliphatic heterocycles. The van der Waals surface area contributed by atoms with Gasteiger partial charge in [-0.05, 0) is 31.4 Å². The highest BCUT2D eigenvalue weighted by atomic mass is 32.2. The Hall–Kier alpha value is -1.07. The van der Waals surface area contributed by atoms with E-state index < -0.39 is 10.2 Å². The Bertz CT molecular complexity index is 482. The lowest BCUT2D eigenvalue weighted by Gasteiger charge is -2.28. The zero-order valence-electron chi connectivity index (χ0n) is 8.60. The molecule has 0 unspecified atom stereocenters. The summed E-state index contributed by atoms with van der Waals surface area (Å²) < 4.78 is 24.0. The Morgan fingerprint density at radius 2 is 2.13 bits per heavy atom. The molecule has 0 saturated carbocycles. The van der Waals surface area contributed by atoms with Crippen molar-refractivity contribution in [1.29, 1.82) is 0 Å². The minimum Gasteiger partial charge on any atom is -0.258 e. The van der Waals surface area contributed by atoms with Gasteiger partial charge in [0.15, 0.2) is 0 Å². The summed E-state index contributed by atoms with van der Waals surface area (Å²) >= 11 is 0. The van der Waals surface area contributed by atoms with Gasteiger partial charge in [-0.1, -0.05) is 17.7 Å². The third-order valence-electron chi connectivity index (χ3n) is 2.62. The van der Waals surface area contributed by atoms with Crippen LogP contribution >= 0.6 is 0 Å². The largest absolute Gasteiger partial charge is 0.299 e. The first kappa shape index (κ1) is 10.4. The number of aryl methyl sites for hydroxylation is 2. The maximum atomic E-state index is 11.3. The predicted octanol–water partition coefficient (Wildman–Crippen LogP) is 0.951. The maximum Gasteiger partial charge on any atom is 0.299 e. The Kier molecular flexibility index (Phi) is 2.44. The smallest absolute Gasteiger partial charge is 0.258 e. The molecule has 5 heteroatoms. The fourth-order valence-electron chi connectivity index (χ4n) is 1.96. The summed E-state index contributed by atoms with van der Waals surface area (Å²) in [5.41, 5.74) is 2.94. The number of benzene rings is 1. The average molecular weight is 226 g/mol. The molecule has 4 nitrogen and oxygen atoms in total. The number of hydrogen-bond donors (Lipinski definition) is 1. The van der Waals surface area contributed by atoms with Crippen molar-refractivity contribution in [2.75, 3.05) is 10.8 Å². The molecule has 0 fully saturated rings. The van der Waals surface area contributed by atoms with Crippen LogP contribution in [0.3, 0.4) is 0 Å². The minimum atomic E-state index is -3.62. The molecule has 1 aromatic rings. The number of fused-ring (bicyclic) bond motifs is 1. The quantitative estimate of drug-likeness (QED) is 0.775. The molecule has 1 heterocycles. The van der Waals surface area contributed by atoms with Crippen LogP contribution in [0.15, 0.2) is 18.2 Å². The molecule has 1 aromatic carbocycles. The second-order valence-electron chi connectivity index (χ2n) is 3.85. The molecule has 2 N–H and O–H groups in total. The van der Waals surface area contributed by atoms with Crippen molar-refractivity contribution in [3.05, 3.63) is 29.3 Å². The number of anilines is 1. The molecule has 1 aliphatic rings. The Morgan fingerprint density at radius 1 is 1.40 bits per heavy atom. The molecule has 0 amide bonds. The monoisotopic (exact) mass is 226 g/mol. The summed E-state index contributed by atoms with van der Waals surface area (Å²) in [6.45, 7) is 2.48. The van der Waals surface area contributed by atoms with Crippen molar-refractivity contribution < 1.29 is 8.42 Å². The van der Waals surface area contributed by atoms with Crippen LogP contribution in [0.1, 0.15) is 17.5 Å². The van der Waals surface area contributed by atoms with Crippen molar-refractivity contribution in [2.45, 2.75) is 19.8 Å². The van der Waals surface area contributed by atoms with Crippen LogP contribution in [-0.4, -0.2) is 15.0 Å². The molecule has 0 atom stereocenters. The van der Waals surface area contributed by atoms with E-state index in [1.807, 2.05) is 25.1 Å². The summed E-state index contributed by atoms with van der Waals surface area (Å²) in [6, 6.07) is 5.75. The fourth-order valence-corrected chi connectivity index (χ4v) is 2.79. The first-order valence-electron chi connectivity index (χ1n) is 4.88. The first-order valence-corrected chi connectivity index (χ1v) is 6.39. The Morgan fingerprint density at radius 3 is 2.80 bits per heavy atom. The van der Waals surface area contributed by atoms with Gasteiger partial charge in [0, 0.05) is 6.54 Å². The normalized spacial score (nSPS) is 16.3. The van der Waals surface area contributed by atoms with Gasteiger partial charge in [0.05, 0.1) is 5.69 Å². The zero-order valence-corrected chi connectivity index (χ0v) is 9.42. The van der Waals surface area contributed by atoms with Gasteiger partial charge in [-0.2, -0.15) is 8.42 Å². The fraction of sp³-hybridized carbons (Fsp3) is 0.400. The molecule has 0 saturated heterocycles. The molecule has 2 rings (SSSR count). The first-order chi connectivity index (χ1) is 6.98. The van der Waals surface area contributed by atoms with Crippen LogP contribution in [0.2, 0.25) is 0 Å². The van der Waals surface area contributed by atoms with E-state index >= 15 is 0 Å². The van der Waals surface area contributed by atoms with Crippen LogP contribution in [-0.2, 0) is 16.6 Å². The van der Waals surface area contributed by atoms with Gasteiger partial charge < -0.3 is 0 Å². The molecule has 15 heavy (non-hydrogen) atoms. The SMILES string of the molecule is Cc1ccc2c(c1)CCCN2S(N)(=O)=O. The van der Waals surface area contributed by atoms with E-state index in [0.29, 0.717) is 6.54 Å². The van der Waals surface area contributed by atoms with E-state index in [9.17, 15) is 8.42 Å². The van der Waals surface area contributed by atoms with Gasteiger partial charge in [-0.3, -0.25) is 4.31 Å². The van der Waals surface area contributed by atoms with Crippen LogP contribution < -0.4 is 9.44 Å². The lowest BCUT2D eigenvalue weighted by Crippen LogP contribution is -2.40. The third kappa shape index (κ3) is 1.98. The van der Waals surface area contributed by atoms with E-state index in [1.165, 1.54) is 4.31 Å². The number of hydrogen-bond acceptors (Lipinski definition) is 2. The highest BCUT2D eigenvalue weighted by Gasteiger charge is 2.23. The van der Waals surface area contributed by atoms with E-state index in [2.05, 4.69) is 0 Å². The van der Waals surface area contributed by atoms with Gasteiger partial charge in [-0.15, -0.1) is 0 Å². The highest BCUT2D eigenvalue weighted by Crippen LogP contribution is 2.28. The van der Waals surface area contributed by atoms with Gasteiger partial charge >= 0.3 is 0 Å². The Labute approximate surface area is 89.9 Å². The zero-order chi connectivity index (χ0) is 11.1. The van der Waals surface area contributed by atoms with Crippen LogP contribution in [0.25, 0.3) is 0 Å². The predicted molar refractivity (Wildman–Crippen MR) is 60.0 cm³/mol. The van der Waals surface area contributed by atoms with Crippen molar-refractivity contribution in [3.8, 4) is 0 Å². The lowest BCUT2D eigenvalue weighted by atomic mass is 10.0. The van der Waals surface area contributed by atoms with Crippen molar-refractivity contribution >= 4 is 15.9 Å². The van der Waals surface area contributed by atoms with E-state index in [4.69, 9.17) is 5.14 Å². The molecule has 0 aliphatic carbocycles. The van der Waals surface area contributed by atoms with Crippen LogP contribution in [0.5, 0.6) is 0 Å². The van der Waals surface area contributed by atoms with E-state index in [1.54, 1.807) is 0 Å². The van der Waals surface area contributed by atoms with E-state index in [0.717, 1.165) is 29.7 Å². The number of rotatable bonds is 1. The second-order valence-corrected chi connectivity index (χ2v) is 5.32. The molecule has 0 spiro atoms. The average Bonchev–Trinajstić information content (AvgIpc) is 2.15. The molecule has 82 valence electrons. The van der Waals surface area contributed by atoms with Gasteiger partial charge in [0.1, 0.15) is 0 Å². The molecular weight excluding hydrogens is 212 g/mol. The standard InChI is InChI=1S/C10H14N2O2S/c1-8-4-5-10-9(7-8)3-2-6-12(10)15(11,13)14/h4-5,7H,2-3,6H2,1H3,(H2,11,13,14). The number of nitrogens with zero attached hydrogens (tertiary/aromatic N) is 1. The van der Waals surface area contributed by atoms with Gasteiger partial charge in [0.25, 0.3) is 10.2 Å². The van der Waals surface area contributed by atoms with Crippen molar-refractivity contribution in [2.24, 2.45) is 5.14 Å².